The van der Waals surface area contributed by atoms with Crippen LogP contribution in [-0.2, 0) is 11.2 Å². The molecule has 4 nitrogen and oxygen atoms in total. The van der Waals surface area contributed by atoms with Gasteiger partial charge in [0.05, 0.1) is 5.69 Å². The normalized spacial score (nSPS) is 10.9. The molecule has 1 aromatic heterocycles. The van der Waals surface area contributed by atoms with Gasteiger partial charge in [0.1, 0.15) is 6.29 Å². The molecule has 0 radical (unpaired) electrons. The molecule has 0 amide bonds. The molecule has 0 bridgehead atoms. The quantitative estimate of drug-likeness (QED) is 0.773. The summed E-state index contributed by atoms with van der Waals surface area (Å²) in [5.74, 6) is 0. The lowest BCUT2D eigenvalue weighted by Crippen LogP contribution is -2.24. The highest BCUT2D eigenvalue weighted by molar-refractivity contribution is 5.50. The number of hydrogen-bond acceptors (Lipinski definition) is 2. The summed E-state index contributed by atoms with van der Waals surface area (Å²) in [6.07, 6.45) is 5.70. The average molecular weight is 258 g/mol. The van der Waals surface area contributed by atoms with Crippen LogP contribution in [0.4, 0.5) is 0 Å². The Bertz CT molecular complexity index is 623. The molecule has 0 N–H and O–H groups in total. The number of carbonyl (C=O) groups is 1. The van der Waals surface area contributed by atoms with Crippen molar-refractivity contribution in [2.45, 2.75) is 32.7 Å². The molecule has 4 heteroatoms. The van der Waals surface area contributed by atoms with Gasteiger partial charge in [0, 0.05) is 24.9 Å². The monoisotopic (exact) mass is 258 g/mol. The van der Waals surface area contributed by atoms with Gasteiger partial charge in [-0.05, 0) is 38.0 Å². The van der Waals surface area contributed by atoms with Crippen LogP contribution in [0.2, 0.25) is 0 Å². The van der Waals surface area contributed by atoms with Crippen molar-refractivity contribution in [3.63, 3.8) is 0 Å². The Hall–Kier alpha value is -2.10. The van der Waals surface area contributed by atoms with E-state index in [-0.39, 0.29) is 11.7 Å². The van der Waals surface area contributed by atoms with Crippen molar-refractivity contribution >= 4 is 6.29 Å². The first-order valence-electron chi connectivity index (χ1n) is 6.46. The highest BCUT2D eigenvalue weighted by Gasteiger charge is 2.07. The van der Waals surface area contributed by atoms with Crippen molar-refractivity contribution in [1.29, 1.82) is 0 Å². The second kappa shape index (κ2) is 5.69. The molecule has 0 fully saturated rings. The zero-order chi connectivity index (χ0) is 13.8. The van der Waals surface area contributed by atoms with Crippen molar-refractivity contribution < 1.29 is 4.79 Å². The summed E-state index contributed by atoms with van der Waals surface area (Å²) in [4.78, 5) is 22.6. The van der Waals surface area contributed by atoms with Gasteiger partial charge in [0.2, 0.25) is 0 Å². The summed E-state index contributed by atoms with van der Waals surface area (Å²) < 4.78 is 3.32. The Morgan fingerprint density at radius 2 is 2.05 bits per heavy atom. The third-order valence-electron chi connectivity index (χ3n) is 3.10. The molecule has 2 rings (SSSR count). The lowest BCUT2D eigenvalue weighted by atomic mass is 10.1. The van der Waals surface area contributed by atoms with Crippen molar-refractivity contribution in [2.24, 2.45) is 0 Å². The molecule has 0 atom stereocenters. The van der Waals surface area contributed by atoms with E-state index in [1.54, 1.807) is 21.5 Å². The summed E-state index contributed by atoms with van der Waals surface area (Å²) in [7, 11) is 0. The van der Waals surface area contributed by atoms with E-state index in [0.29, 0.717) is 12.8 Å². The van der Waals surface area contributed by atoms with Crippen molar-refractivity contribution in [1.82, 2.24) is 9.13 Å². The Morgan fingerprint density at radius 1 is 1.26 bits per heavy atom. The van der Waals surface area contributed by atoms with E-state index in [1.807, 2.05) is 38.1 Å². The Morgan fingerprint density at radius 3 is 2.68 bits per heavy atom. The van der Waals surface area contributed by atoms with Crippen molar-refractivity contribution in [3.8, 4) is 5.69 Å². The fraction of sp³-hybridized carbons (Fsp3) is 0.333. The second-order valence-corrected chi connectivity index (χ2v) is 4.83. The summed E-state index contributed by atoms with van der Waals surface area (Å²) in [6, 6.07) is 7.88. The summed E-state index contributed by atoms with van der Waals surface area (Å²) in [5, 5.41) is 0. The number of aromatic nitrogens is 2. The van der Waals surface area contributed by atoms with Gasteiger partial charge >= 0.3 is 5.69 Å². The maximum atomic E-state index is 12.2. The lowest BCUT2D eigenvalue weighted by molar-refractivity contribution is -0.107. The van der Waals surface area contributed by atoms with Crippen LogP contribution in [0, 0.1) is 0 Å². The minimum Gasteiger partial charge on any atom is -0.303 e. The van der Waals surface area contributed by atoms with E-state index in [4.69, 9.17) is 0 Å². The average Bonchev–Trinajstić information content (AvgIpc) is 2.78. The third-order valence-corrected chi connectivity index (χ3v) is 3.10. The number of rotatable bonds is 5. The van der Waals surface area contributed by atoms with Gasteiger partial charge < -0.3 is 4.79 Å². The van der Waals surface area contributed by atoms with E-state index < -0.39 is 0 Å². The van der Waals surface area contributed by atoms with Gasteiger partial charge in [-0.2, -0.15) is 0 Å². The number of carbonyl (C=O) groups excluding carboxylic acids is 1. The zero-order valence-electron chi connectivity index (χ0n) is 11.2. The third kappa shape index (κ3) is 2.84. The number of imidazole rings is 1. The largest absolute Gasteiger partial charge is 0.332 e. The summed E-state index contributed by atoms with van der Waals surface area (Å²) >= 11 is 0. The van der Waals surface area contributed by atoms with Crippen LogP contribution in [0.3, 0.4) is 0 Å². The predicted octanol–water partition coefficient (Wildman–Crippen LogP) is 2.35. The van der Waals surface area contributed by atoms with Gasteiger partial charge in [-0.15, -0.1) is 0 Å². The topological polar surface area (TPSA) is 44.0 Å². The molecule has 2 aromatic rings. The molecule has 0 aliphatic rings. The maximum Gasteiger partial charge on any atom is 0.332 e. The minimum absolute atomic E-state index is 0.0393. The summed E-state index contributed by atoms with van der Waals surface area (Å²) in [6.45, 7) is 3.96. The van der Waals surface area contributed by atoms with Gasteiger partial charge in [0.15, 0.2) is 0 Å². The number of hydrogen-bond donors (Lipinski definition) is 0. The second-order valence-electron chi connectivity index (χ2n) is 4.83. The smallest absolute Gasteiger partial charge is 0.303 e. The van der Waals surface area contributed by atoms with Crippen LogP contribution in [0.25, 0.3) is 5.69 Å². The highest BCUT2D eigenvalue weighted by atomic mass is 16.1. The lowest BCUT2D eigenvalue weighted by Gasteiger charge is -2.06. The molecule has 0 saturated carbocycles. The van der Waals surface area contributed by atoms with E-state index in [2.05, 4.69) is 0 Å². The van der Waals surface area contributed by atoms with Crippen molar-refractivity contribution in [3.05, 3.63) is 52.7 Å². The molecular formula is C15H18N2O2. The molecular weight excluding hydrogens is 240 g/mol. The molecule has 19 heavy (non-hydrogen) atoms. The Labute approximate surface area is 112 Å². The van der Waals surface area contributed by atoms with E-state index in [0.717, 1.165) is 17.5 Å². The van der Waals surface area contributed by atoms with Gasteiger partial charge in [-0.25, -0.2) is 4.79 Å². The van der Waals surface area contributed by atoms with Crippen LogP contribution in [0.1, 0.15) is 31.9 Å². The maximum absolute atomic E-state index is 12.2. The van der Waals surface area contributed by atoms with Crippen LogP contribution in [0.5, 0.6) is 0 Å². The minimum atomic E-state index is -0.0393. The van der Waals surface area contributed by atoms with Gasteiger partial charge in [0.25, 0.3) is 0 Å². The number of nitrogens with zero attached hydrogens (tertiary/aromatic N) is 2. The Kier molecular flexibility index (Phi) is 4.00. The molecule has 0 saturated heterocycles. The van der Waals surface area contributed by atoms with E-state index in [9.17, 15) is 9.59 Å². The van der Waals surface area contributed by atoms with Crippen LogP contribution < -0.4 is 5.69 Å². The number of benzene rings is 1. The van der Waals surface area contributed by atoms with Crippen LogP contribution in [-0.4, -0.2) is 15.4 Å². The summed E-state index contributed by atoms with van der Waals surface area (Å²) in [5.41, 5.74) is 1.86. The molecule has 1 aromatic carbocycles. The fourth-order valence-electron chi connectivity index (χ4n) is 2.07. The standard InChI is InChI=1S/C15H18N2O2/c1-12(2)16-8-9-17(15(16)19)14-7-3-5-13(11-14)6-4-10-18/h3,5,7-12H,4,6H2,1-2H3. The van der Waals surface area contributed by atoms with Crippen LogP contribution >= 0.6 is 0 Å². The van der Waals surface area contributed by atoms with Crippen molar-refractivity contribution in [2.75, 3.05) is 0 Å². The molecule has 100 valence electrons. The zero-order valence-corrected chi connectivity index (χ0v) is 11.2. The van der Waals surface area contributed by atoms with Gasteiger partial charge in [-0.3, -0.25) is 9.13 Å². The Balaban J connectivity index is 2.36. The van der Waals surface area contributed by atoms with Crippen LogP contribution in [0.15, 0.2) is 41.5 Å². The molecule has 0 aliphatic carbocycles. The highest BCUT2D eigenvalue weighted by Crippen LogP contribution is 2.11. The number of aldehydes is 1. The fourth-order valence-corrected chi connectivity index (χ4v) is 2.07. The van der Waals surface area contributed by atoms with Gasteiger partial charge in [-0.1, -0.05) is 12.1 Å². The first-order valence-corrected chi connectivity index (χ1v) is 6.46. The predicted molar refractivity (Wildman–Crippen MR) is 74.8 cm³/mol. The van der Waals surface area contributed by atoms with E-state index in [1.165, 1.54) is 0 Å². The first kappa shape index (κ1) is 13.3. The SMILES string of the molecule is CC(C)n1ccn(-c2cccc(CCC=O)c2)c1=O. The molecule has 0 aliphatic heterocycles. The molecule has 0 unspecified atom stereocenters. The van der Waals surface area contributed by atoms with E-state index >= 15 is 0 Å². The molecule has 0 spiro atoms. The number of aryl methyl sites for hydroxylation is 1. The molecule has 1 heterocycles. The first-order chi connectivity index (χ1) is 9.13.